The monoisotopic (exact) mass is 310 g/mol. The van der Waals surface area contributed by atoms with Crippen molar-refractivity contribution in [1.29, 1.82) is 5.26 Å². The highest BCUT2D eigenvalue weighted by molar-refractivity contribution is 5.99. The lowest BCUT2D eigenvalue weighted by molar-refractivity contribution is -0.116. The first-order chi connectivity index (χ1) is 11.1. The Labute approximate surface area is 132 Å². The number of nitrogen functional groups attached to an aromatic ring is 1. The Hall–Kier alpha value is -3.27. The van der Waals surface area contributed by atoms with Gasteiger partial charge < -0.3 is 20.4 Å². The Balaban J connectivity index is 2.26. The van der Waals surface area contributed by atoms with Gasteiger partial charge in [0.1, 0.15) is 6.07 Å². The zero-order valence-corrected chi connectivity index (χ0v) is 12.4. The van der Waals surface area contributed by atoms with E-state index in [1.165, 1.54) is 17.9 Å². The molecule has 0 bridgehead atoms. The molecule has 1 aliphatic heterocycles. The van der Waals surface area contributed by atoms with E-state index >= 15 is 0 Å². The molecule has 0 aliphatic carbocycles. The van der Waals surface area contributed by atoms with Gasteiger partial charge >= 0.3 is 5.97 Å². The maximum Gasteiger partial charge on any atom is 0.357 e. The summed E-state index contributed by atoms with van der Waals surface area (Å²) in [7, 11) is 1.24. The third-order valence-corrected chi connectivity index (χ3v) is 3.82. The molecular formula is C16H14N4O3. The molecule has 2 aromatic rings. The quantitative estimate of drug-likeness (QED) is 0.819. The van der Waals surface area contributed by atoms with Crippen LogP contribution in [0.15, 0.2) is 24.4 Å². The zero-order chi connectivity index (χ0) is 16.6. The molecule has 3 N–H and O–H groups in total. The van der Waals surface area contributed by atoms with Crippen LogP contribution in [0.3, 0.4) is 0 Å². The SMILES string of the molecule is COC(=O)c1c(N)c(C#N)cn1-c1cccc2c1NC(=O)CC2. The van der Waals surface area contributed by atoms with Crippen molar-refractivity contribution in [1.82, 2.24) is 4.57 Å². The van der Waals surface area contributed by atoms with Gasteiger partial charge in [0.05, 0.1) is 29.7 Å². The van der Waals surface area contributed by atoms with Crippen LogP contribution in [0.1, 0.15) is 28.0 Å². The van der Waals surface area contributed by atoms with Crippen LogP contribution in [0.25, 0.3) is 5.69 Å². The highest BCUT2D eigenvalue weighted by atomic mass is 16.5. The predicted molar refractivity (Wildman–Crippen MR) is 83.2 cm³/mol. The molecule has 0 saturated carbocycles. The summed E-state index contributed by atoms with van der Waals surface area (Å²) < 4.78 is 6.26. The summed E-state index contributed by atoms with van der Waals surface area (Å²) in [5, 5.41) is 12.0. The summed E-state index contributed by atoms with van der Waals surface area (Å²) in [6.07, 6.45) is 2.50. The summed E-state index contributed by atoms with van der Waals surface area (Å²) >= 11 is 0. The molecule has 23 heavy (non-hydrogen) atoms. The Morgan fingerprint density at radius 3 is 2.91 bits per heavy atom. The van der Waals surface area contributed by atoms with E-state index in [4.69, 9.17) is 10.5 Å². The molecule has 1 amide bonds. The second-order valence-electron chi connectivity index (χ2n) is 5.14. The molecular weight excluding hydrogens is 296 g/mol. The topological polar surface area (TPSA) is 110 Å². The number of esters is 1. The van der Waals surface area contributed by atoms with E-state index in [2.05, 4.69) is 5.32 Å². The lowest BCUT2D eigenvalue weighted by atomic mass is 10.0. The van der Waals surface area contributed by atoms with Crippen molar-refractivity contribution < 1.29 is 14.3 Å². The number of para-hydroxylation sites is 1. The molecule has 7 heteroatoms. The highest BCUT2D eigenvalue weighted by Gasteiger charge is 2.25. The molecule has 0 fully saturated rings. The minimum Gasteiger partial charge on any atom is -0.464 e. The van der Waals surface area contributed by atoms with Crippen molar-refractivity contribution in [2.75, 3.05) is 18.2 Å². The average Bonchev–Trinajstić information content (AvgIpc) is 2.90. The third-order valence-electron chi connectivity index (χ3n) is 3.82. The van der Waals surface area contributed by atoms with Gasteiger partial charge in [-0.1, -0.05) is 12.1 Å². The van der Waals surface area contributed by atoms with Crippen LogP contribution in [0.2, 0.25) is 0 Å². The first-order valence-corrected chi connectivity index (χ1v) is 6.98. The van der Waals surface area contributed by atoms with Gasteiger partial charge in [-0.15, -0.1) is 0 Å². The van der Waals surface area contributed by atoms with Gasteiger partial charge in [-0.3, -0.25) is 4.79 Å². The molecule has 0 spiro atoms. The number of hydrogen-bond donors (Lipinski definition) is 2. The van der Waals surface area contributed by atoms with E-state index in [1.807, 2.05) is 18.2 Å². The number of ether oxygens (including phenoxy) is 1. The van der Waals surface area contributed by atoms with Crippen molar-refractivity contribution in [3.63, 3.8) is 0 Å². The standard InChI is InChI=1S/C16H14N4O3/c1-23-16(22)15-13(18)10(7-17)8-20(15)11-4-2-3-9-5-6-12(21)19-14(9)11/h2-4,8H,5-6,18H2,1H3,(H,19,21). The van der Waals surface area contributed by atoms with Crippen LogP contribution in [-0.2, 0) is 16.0 Å². The maximum absolute atomic E-state index is 12.1. The molecule has 1 aromatic carbocycles. The average molecular weight is 310 g/mol. The van der Waals surface area contributed by atoms with Crippen LogP contribution >= 0.6 is 0 Å². The second-order valence-corrected chi connectivity index (χ2v) is 5.14. The zero-order valence-electron chi connectivity index (χ0n) is 12.4. The number of nitriles is 1. The van der Waals surface area contributed by atoms with Gasteiger partial charge in [0.15, 0.2) is 5.69 Å². The van der Waals surface area contributed by atoms with Crippen LogP contribution in [0, 0.1) is 11.3 Å². The maximum atomic E-state index is 12.1. The molecule has 116 valence electrons. The molecule has 0 saturated heterocycles. The van der Waals surface area contributed by atoms with Gasteiger partial charge in [0.25, 0.3) is 0 Å². The van der Waals surface area contributed by atoms with Gasteiger partial charge in [-0.25, -0.2) is 4.79 Å². The largest absolute Gasteiger partial charge is 0.464 e. The lowest BCUT2D eigenvalue weighted by Gasteiger charge is -2.21. The fourth-order valence-corrected chi connectivity index (χ4v) is 2.69. The van der Waals surface area contributed by atoms with Gasteiger partial charge in [-0.05, 0) is 18.1 Å². The van der Waals surface area contributed by atoms with E-state index < -0.39 is 5.97 Å². The van der Waals surface area contributed by atoms with Crippen molar-refractivity contribution in [2.24, 2.45) is 0 Å². The fraction of sp³-hybridized carbons (Fsp3) is 0.188. The normalized spacial score (nSPS) is 13.0. The Bertz CT molecular complexity index is 861. The number of fused-ring (bicyclic) bond motifs is 1. The molecule has 3 rings (SSSR count). The summed E-state index contributed by atoms with van der Waals surface area (Å²) in [6, 6.07) is 7.44. The van der Waals surface area contributed by atoms with E-state index in [0.29, 0.717) is 24.2 Å². The minimum atomic E-state index is -0.649. The highest BCUT2D eigenvalue weighted by Crippen LogP contribution is 2.33. The first-order valence-electron chi connectivity index (χ1n) is 6.98. The summed E-state index contributed by atoms with van der Waals surface area (Å²) in [5.41, 5.74) is 8.35. The van der Waals surface area contributed by atoms with Crippen molar-refractivity contribution in [3.05, 3.63) is 41.2 Å². The lowest BCUT2D eigenvalue weighted by Crippen LogP contribution is -2.21. The number of nitrogens with one attached hydrogen (secondary N) is 1. The second kappa shape index (κ2) is 5.50. The molecule has 2 heterocycles. The van der Waals surface area contributed by atoms with Crippen LogP contribution in [0.5, 0.6) is 0 Å². The van der Waals surface area contributed by atoms with E-state index in [0.717, 1.165) is 5.56 Å². The predicted octanol–water partition coefficient (Wildman–Crippen LogP) is 1.60. The number of nitrogens with two attached hydrogens (primary N) is 1. The molecule has 7 nitrogen and oxygen atoms in total. The molecule has 0 radical (unpaired) electrons. The minimum absolute atomic E-state index is 0.0547. The van der Waals surface area contributed by atoms with E-state index in [9.17, 15) is 14.9 Å². The van der Waals surface area contributed by atoms with Crippen LogP contribution < -0.4 is 11.1 Å². The van der Waals surface area contributed by atoms with E-state index in [-0.39, 0.29) is 22.9 Å². The smallest absolute Gasteiger partial charge is 0.357 e. The number of amides is 1. The van der Waals surface area contributed by atoms with Crippen LogP contribution in [-0.4, -0.2) is 23.6 Å². The van der Waals surface area contributed by atoms with Crippen molar-refractivity contribution >= 4 is 23.3 Å². The summed E-state index contributed by atoms with van der Waals surface area (Å²) in [6.45, 7) is 0. The number of aryl methyl sites for hydroxylation is 1. The molecule has 1 aromatic heterocycles. The number of carbonyl (C=O) groups excluding carboxylic acids is 2. The fourth-order valence-electron chi connectivity index (χ4n) is 2.69. The number of benzene rings is 1. The molecule has 1 aliphatic rings. The molecule has 0 unspecified atom stereocenters. The molecule has 0 atom stereocenters. The number of hydrogen-bond acceptors (Lipinski definition) is 5. The number of carbonyl (C=O) groups is 2. The number of anilines is 2. The van der Waals surface area contributed by atoms with Crippen molar-refractivity contribution in [2.45, 2.75) is 12.8 Å². The van der Waals surface area contributed by atoms with Crippen molar-refractivity contribution in [3.8, 4) is 11.8 Å². The van der Waals surface area contributed by atoms with Gasteiger partial charge in [0.2, 0.25) is 5.91 Å². The summed E-state index contributed by atoms with van der Waals surface area (Å²) in [4.78, 5) is 23.8. The van der Waals surface area contributed by atoms with Crippen LogP contribution in [0.4, 0.5) is 11.4 Å². The first kappa shape index (κ1) is 14.7. The Morgan fingerprint density at radius 2 is 2.22 bits per heavy atom. The Morgan fingerprint density at radius 1 is 1.43 bits per heavy atom. The van der Waals surface area contributed by atoms with E-state index in [1.54, 1.807) is 6.07 Å². The third kappa shape index (κ3) is 2.30. The number of aromatic nitrogens is 1. The van der Waals surface area contributed by atoms with Gasteiger partial charge in [0, 0.05) is 12.6 Å². The number of methoxy groups -OCH3 is 1. The Kier molecular flexibility index (Phi) is 3.50. The number of rotatable bonds is 2. The summed E-state index contributed by atoms with van der Waals surface area (Å²) in [5.74, 6) is -0.742. The number of nitrogens with zero attached hydrogens (tertiary/aromatic N) is 2. The van der Waals surface area contributed by atoms with Gasteiger partial charge in [-0.2, -0.15) is 5.26 Å².